The molecule has 0 aliphatic rings. The zero-order chi connectivity index (χ0) is 15.8. The van der Waals surface area contributed by atoms with Crippen LogP contribution in [-0.4, -0.2) is 30.9 Å². The molecule has 21 heavy (non-hydrogen) atoms. The second-order valence-corrected chi connectivity index (χ2v) is 5.04. The Kier molecular flexibility index (Phi) is 7.23. The van der Waals surface area contributed by atoms with Crippen molar-refractivity contribution in [3.8, 4) is 0 Å². The van der Waals surface area contributed by atoms with Crippen LogP contribution in [0.15, 0.2) is 18.2 Å². The number of hydrogen-bond acceptors (Lipinski definition) is 3. The average molecular weight is 312 g/mol. The number of halogens is 1. The first kappa shape index (κ1) is 17.5. The number of hydrogen-bond donors (Lipinski definition) is 0. The number of nitrogens with zero attached hydrogens (tertiary/aromatic N) is 1. The van der Waals surface area contributed by atoms with Crippen molar-refractivity contribution in [2.45, 2.75) is 33.6 Å². The van der Waals surface area contributed by atoms with Gasteiger partial charge in [0.25, 0.3) is 0 Å². The third-order valence-corrected chi connectivity index (χ3v) is 3.37. The van der Waals surface area contributed by atoms with Gasteiger partial charge in [0.15, 0.2) is 0 Å². The summed E-state index contributed by atoms with van der Waals surface area (Å²) >= 11 is 5.69. The van der Waals surface area contributed by atoms with E-state index in [9.17, 15) is 9.59 Å². The molecule has 0 aliphatic heterocycles. The van der Waals surface area contributed by atoms with E-state index in [0.29, 0.717) is 6.61 Å². The van der Waals surface area contributed by atoms with Crippen molar-refractivity contribution < 1.29 is 14.3 Å². The van der Waals surface area contributed by atoms with Crippen LogP contribution in [0.5, 0.6) is 0 Å². The highest BCUT2D eigenvalue weighted by molar-refractivity contribution is 6.29. The van der Waals surface area contributed by atoms with Crippen LogP contribution in [0.4, 0.5) is 5.69 Å². The summed E-state index contributed by atoms with van der Waals surface area (Å²) in [6.45, 7) is 6.10. The molecule has 0 N–H and O–H groups in total. The molecule has 0 aromatic heterocycles. The van der Waals surface area contributed by atoms with Crippen LogP contribution in [0.3, 0.4) is 0 Å². The van der Waals surface area contributed by atoms with Crippen molar-refractivity contribution in [3.63, 3.8) is 0 Å². The van der Waals surface area contributed by atoms with Crippen LogP contribution in [0.2, 0.25) is 0 Å². The molecule has 0 unspecified atom stereocenters. The van der Waals surface area contributed by atoms with E-state index in [1.165, 1.54) is 4.90 Å². The first-order chi connectivity index (χ1) is 10.0. The topological polar surface area (TPSA) is 46.6 Å². The molecule has 1 rings (SSSR count). The Balaban J connectivity index is 3.09. The number of para-hydroxylation sites is 1. The highest BCUT2D eigenvalue weighted by atomic mass is 35.5. The van der Waals surface area contributed by atoms with Gasteiger partial charge in [0.1, 0.15) is 12.4 Å². The highest BCUT2D eigenvalue weighted by Crippen LogP contribution is 2.26. The molecule has 0 saturated heterocycles. The number of anilines is 1. The monoisotopic (exact) mass is 311 g/mol. The molecule has 0 saturated carbocycles. The number of amides is 1. The van der Waals surface area contributed by atoms with Gasteiger partial charge in [-0.2, -0.15) is 0 Å². The number of benzene rings is 1. The van der Waals surface area contributed by atoms with Crippen molar-refractivity contribution in [1.29, 1.82) is 0 Å². The first-order valence-electron chi connectivity index (χ1n) is 7.15. The maximum atomic E-state index is 12.1. The van der Waals surface area contributed by atoms with E-state index in [0.717, 1.165) is 29.7 Å². The van der Waals surface area contributed by atoms with Crippen molar-refractivity contribution in [3.05, 3.63) is 29.3 Å². The molecule has 0 fully saturated rings. The predicted octanol–water partition coefficient (Wildman–Crippen LogP) is 3.08. The minimum Gasteiger partial charge on any atom is -0.464 e. The van der Waals surface area contributed by atoms with Crippen LogP contribution >= 0.6 is 11.6 Å². The summed E-state index contributed by atoms with van der Waals surface area (Å²) in [5, 5.41) is 0. The van der Waals surface area contributed by atoms with Crippen LogP contribution in [0, 0.1) is 6.92 Å². The number of ether oxygens (including phenoxy) is 1. The minimum atomic E-state index is -0.416. The van der Waals surface area contributed by atoms with Crippen LogP contribution in [0.25, 0.3) is 0 Å². The average Bonchev–Trinajstić information content (AvgIpc) is 2.49. The van der Waals surface area contributed by atoms with Crippen LogP contribution in [-0.2, 0) is 20.7 Å². The Bertz CT molecular complexity index is 502. The normalized spacial score (nSPS) is 10.3. The molecule has 0 spiro atoms. The van der Waals surface area contributed by atoms with Gasteiger partial charge in [0, 0.05) is 0 Å². The molecule has 0 aliphatic carbocycles. The SMILES string of the molecule is CCCOC(=O)CN(C(=O)CCl)c1c(C)cccc1CC. The van der Waals surface area contributed by atoms with Crippen LogP contribution < -0.4 is 4.90 Å². The summed E-state index contributed by atoms with van der Waals surface area (Å²) < 4.78 is 5.08. The lowest BCUT2D eigenvalue weighted by Crippen LogP contribution is -2.38. The summed E-state index contributed by atoms with van der Waals surface area (Å²) in [5.41, 5.74) is 2.71. The number of rotatable bonds is 7. The van der Waals surface area contributed by atoms with Crippen molar-refractivity contribution >= 4 is 29.2 Å². The lowest BCUT2D eigenvalue weighted by molar-refractivity contribution is -0.142. The maximum Gasteiger partial charge on any atom is 0.326 e. The Morgan fingerprint density at radius 2 is 2.00 bits per heavy atom. The van der Waals surface area contributed by atoms with E-state index in [2.05, 4.69) is 0 Å². The van der Waals surface area contributed by atoms with E-state index in [-0.39, 0.29) is 18.3 Å². The zero-order valence-electron chi connectivity index (χ0n) is 12.8. The Morgan fingerprint density at radius 1 is 1.29 bits per heavy atom. The number of carbonyl (C=O) groups excluding carboxylic acids is 2. The smallest absolute Gasteiger partial charge is 0.326 e. The Hall–Kier alpha value is -1.55. The van der Waals surface area contributed by atoms with E-state index >= 15 is 0 Å². The van der Waals surface area contributed by atoms with Gasteiger partial charge in [-0.15, -0.1) is 11.6 Å². The maximum absolute atomic E-state index is 12.1. The van der Waals surface area contributed by atoms with Gasteiger partial charge >= 0.3 is 5.97 Å². The Morgan fingerprint density at radius 3 is 2.57 bits per heavy atom. The standard InChI is InChI=1S/C16H22ClNO3/c1-4-9-21-15(20)11-18(14(19)10-17)16-12(3)7-6-8-13(16)5-2/h6-8H,4-5,9-11H2,1-3H3. The molecule has 0 heterocycles. The van der Waals surface area contributed by atoms with E-state index in [1.54, 1.807) is 0 Å². The van der Waals surface area contributed by atoms with E-state index in [1.807, 2.05) is 39.0 Å². The molecule has 1 aromatic rings. The van der Waals surface area contributed by atoms with Crippen LogP contribution in [0.1, 0.15) is 31.4 Å². The molecular weight excluding hydrogens is 290 g/mol. The second-order valence-electron chi connectivity index (χ2n) is 4.77. The molecular formula is C16H22ClNO3. The van der Waals surface area contributed by atoms with Crippen molar-refractivity contribution in [2.75, 3.05) is 23.9 Å². The molecule has 4 nitrogen and oxygen atoms in total. The fraction of sp³-hybridized carbons (Fsp3) is 0.500. The van der Waals surface area contributed by atoms with Gasteiger partial charge in [-0.3, -0.25) is 14.5 Å². The summed E-state index contributed by atoms with van der Waals surface area (Å²) in [4.78, 5) is 25.4. The summed E-state index contributed by atoms with van der Waals surface area (Å²) in [5.74, 6) is -0.881. The third kappa shape index (κ3) is 4.74. The molecule has 0 radical (unpaired) electrons. The second kappa shape index (κ2) is 8.67. The molecule has 1 aromatic carbocycles. The van der Waals surface area contributed by atoms with Gasteiger partial charge in [0.05, 0.1) is 12.3 Å². The van der Waals surface area contributed by atoms with Gasteiger partial charge in [0.2, 0.25) is 5.91 Å². The fourth-order valence-corrected chi connectivity index (χ4v) is 2.29. The summed E-state index contributed by atoms with van der Waals surface area (Å²) in [6.07, 6.45) is 1.52. The molecule has 0 bridgehead atoms. The number of carbonyl (C=O) groups is 2. The zero-order valence-corrected chi connectivity index (χ0v) is 13.6. The summed E-state index contributed by atoms with van der Waals surface area (Å²) in [6, 6.07) is 5.81. The largest absolute Gasteiger partial charge is 0.464 e. The highest BCUT2D eigenvalue weighted by Gasteiger charge is 2.22. The Labute approximate surface area is 131 Å². The lowest BCUT2D eigenvalue weighted by Gasteiger charge is -2.25. The van der Waals surface area contributed by atoms with Gasteiger partial charge in [-0.05, 0) is 30.9 Å². The van der Waals surface area contributed by atoms with Crippen molar-refractivity contribution in [2.24, 2.45) is 0 Å². The van der Waals surface area contributed by atoms with Gasteiger partial charge in [-0.25, -0.2) is 0 Å². The molecule has 1 amide bonds. The molecule has 116 valence electrons. The van der Waals surface area contributed by atoms with E-state index < -0.39 is 5.97 Å². The van der Waals surface area contributed by atoms with Gasteiger partial charge < -0.3 is 4.74 Å². The van der Waals surface area contributed by atoms with Crippen molar-refractivity contribution in [1.82, 2.24) is 0 Å². The van der Waals surface area contributed by atoms with Gasteiger partial charge in [-0.1, -0.05) is 32.0 Å². The number of aryl methyl sites for hydroxylation is 2. The quantitative estimate of drug-likeness (QED) is 0.574. The fourth-order valence-electron chi connectivity index (χ4n) is 2.15. The lowest BCUT2D eigenvalue weighted by atomic mass is 10.0. The minimum absolute atomic E-state index is 0.108. The van der Waals surface area contributed by atoms with E-state index in [4.69, 9.17) is 16.3 Å². The summed E-state index contributed by atoms with van der Waals surface area (Å²) in [7, 11) is 0. The first-order valence-corrected chi connectivity index (χ1v) is 7.69. The molecule has 0 atom stereocenters. The predicted molar refractivity (Wildman–Crippen MR) is 84.9 cm³/mol. The number of alkyl halides is 1. The number of esters is 1. The third-order valence-electron chi connectivity index (χ3n) is 3.14. The molecule has 5 heteroatoms.